The molecule has 0 saturated heterocycles. The number of halogens is 3. The zero-order chi connectivity index (χ0) is 10.6. The Labute approximate surface area is 81.1 Å². The summed E-state index contributed by atoms with van der Waals surface area (Å²) in [5, 5.41) is 0. The lowest BCUT2D eigenvalue weighted by atomic mass is 9.92. The van der Waals surface area contributed by atoms with Gasteiger partial charge in [0.2, 0.25) is 0 Å². The van der Waals surface area contributed by atoms with Gasteiger partial charge in [-0.05, 0) is 26.0 Å². The van der Waals surface area contributed by atoms with E-state index in [0.717, 1.165) is 19.3 Å². The fourth-order valence-electron chi connectivity index (χ4n) is 1.36. The van der Waals surface area contributed by atoms with Crippen LogP contribution >= 0.6 is 0 Å². The summed E-state index contributed by atoms with van der Waals surface area (Å²) < 4.78 is 36.4. The smallest absolute Gasteiger partial charge is 0.364 e. The van der Waals surface area contributed by atoms with E-state index in [0.29, 0.717) is 0 Å². The Bertz CT molecular complexity index is 219. The standard InChI is InChI=1S/C9H13F3N2/c1-13-5-6-14(7-9(10,11)12)8-3-2-4-8/h5-6,8H,1-4,7H2/b6-5-. The summed E-state index contributed by atoms with van der Waals surface area (Å²) in [6.45, 7) is 2.29. The van der Waals surface area contributed by atoms with Crippen molar-refractivity contribution >= 4 is 6.72 Å². The van der Waals surface area contributed by atoms with Crippen molar-refractivity contribution in [2.24, 2.45) is 4.99 Å². The van der Waals surface area contributed by atoms with Crippen LogP contribution in [0.1, 0.15) is 19.3 Å². The molecule has 0 aliphatic heterocycles. The third-order valence-electron chi connectivity index (χ3n) is 2.27. The molecule has 5 heteroatoms. The van der Waals surface area contributed by atoms with Crippen molar-refractivity contribution in [3.8, 4) is 0 Å². The molecule has 0 aromatic carbocycles. The van der Waals surface area contributed by atoms with Gasteiger partial charge in [0.05, 0.1) is 0 Å². The van der Waals surface area contributed by atoms with E-state index in [-0.39, 0.29) is 6.04 Å². The summed E-state index contributed by atoms with van der Waals surface area (Å²) in [6.07, 6.45) is 1.18. The normalized spacial score (nSPS) is 18.2. The molecule has 0 heterocycles. The summed E-state index contributed by atoms with van der Waals surface area (Å²) in [4.78, 5) is 4.70. The Morgan fingerprint density at radius 2 is 2.07 bits per heavy atom. The van der Waals surface area contributed by atoms with Crippen LogP contribution in [0.15, 0.2) is 17.4 Å². The maximum absolute atomic E-state index is 12.1. The van der Waals surface area contributed by atoms with Gasteiger partial charge < -0.3 is 4.90 Å². The molecule has 1 rings (SSSR count). The maximum Gasteiger partial charge on any atom is 0.405 e. The number of alkyl halides is 3. The fraction of sp³-hybridized carbons (Fsp3) is 0.667. The molecule has 1 aliphatic carbocycles. The van der Waals surface area contributed by atoms with Crippen LogP contribution in [0, 0.1) is 0 Å². The number of hydrogen-bond donors (Lipinski definition) is 0. The van der Waals surface area contributed by atoms with Crippen LogP contribution in [0.4, 0.5) is 13.2 Å². The Hall–Kier alpha value is -1.00. The highest BCUT2D eigenvalue weighted by molar-refractivity contribution is 5.25. The minimum absolute atomic E-state index is 0.0228. The van der Waals surface area contributed by atoms with Crippen LogP contribution in [0.2, 0.25) is 0 Å². The zero-order valence-corrected chi connectivity index (χ0v) is 7.80. The van der Waals surface area contributed by atoms with Crippen molar-refractivity contribution in [1.29, 1.82) is 0 Å². The molecule has 2 nitrogen and oxygen atoms in total. The number of rotatable bonds is 4. The molecule has 1 fully saturated rings. The fourth-order valence-corrected chi connectivity index (χ4v) is 1.36. The highest BCUT2D eigenvalue weighted by Crippen LogP contribution is 2.28. The molecule has 0 spiro atoms. The first-order valence-electron chi connectivity index (χ1n) is 4.48. The van der Waals surface area contributed by atoms with E-state index in [1.807, 2.05) is 0 Å². The first-order chi connectivity index (χ1) is 6.53. The van der Waals surface area contributed by atoms with Crippen LogP contribution in [-0.2, 0) is 0 Å². The van der Waals surface area contributed by atoms with E-state index in [1.54, 1.807) is 0 Å². The van der Waals surface area contributed by atoms with Gasteiger partial charge in [-0.2, -0.15) is 13.2 Å². The maximum atomic E-state index is 12.1. The van der Waals surface area contributed by atoms with Crippen molar-refractivity contribution in [2.45, 2.75) is 31.5 Å². The van der Waals surface area contributed by atoms with Gasteiger partial charge in [-0.3, -0.25) is 4.99 Å². The Balaban J connectivity index is 2.52. The first kappa shape index (κ1) is 11.1. The number of aliphatic imine (C=N–C) groups is 1. The monoisotopic (exact) mass is 206 g/mol. The van der Waals surface area contributed by atoms with Crippen LogP contribution in [0.3, 0.4) is 0 Å². The van der Waals surface area contributed by atoms with Gasteiger partial charge in [0.25, 0.3) is 0 Å². The lowest BCUT2D eigenvalue weighted by Crippen LogP contribution is -2.41. The quantitative estimate of drug-likeness (QED) is 0.645. The second kappa shape index (κ2) is 4.48. The second-order valence-corrected chi connectivity index (χ2v) is 3.35. The van der Waals surface area contributed by atoms with Crippen molar-refractivity contribution in [3.63, 3.8) is 0 Å². The zero-order valence-electron chi connectivity index (χ0n) is 7.80. The lowest BCUT2D eigenvalue weighted by molar-refractivity contribution is -0.147. The first-order valence-corrected chi connectivity index (χ1v) is 4.48. The van der Waals surface area contributed by atoms with Gasteiger partial charge in [-0.25, -0.2) is 0 Å². The molecule has 1 saturated carbocycles. The molecule has 0 amide bonds. The molecule has 0 aromatic heterocycles. The topological polar surface area (TPSA) is 15.6 Å². The molecule has 0 N–H and O–H groups in total. The summed E-state index contributed by atoms with van der Waals surface area (Å²) in [5.41, 5.74) is 0. The average molecular weight is 206 g/mol. The SMILES string of the molecule is C=N/C=C\N(CC(F)(F)F)C1CCC1. The van der Waals surface area contributed by atoms with Gasteiger partial charge in [0.1, 0.15) is 6.54 Å². The Morgan fingerprint density at radius 3 is 2.43 bits per heavy atom. The molecule has 0 radical (unpaired) electrons. The van der Waals surface area contributed by atoms with E-state index < -0.39 is 12.7 Å². The van der Waals surface area contributed by atoms with E-state index >= 15 is 0 Å². The Kier molecular flexibility index (Phi) is 3.55. The van der Waals surface area contributed by atoms with Crippen LogP contribution in [0.25, 0.3) is 0 Å². The molecule has 1 aliphatic rings. The Morgan fingerprint density at radius 1 is 1.43 bits per heavy atom. The summed E-state index contributed by atoms with van der Waals surface area (Å²) in [5.74, 6) is 0. The minimum atomic E-state index is -4.15. The number of nitrogens with zero attached hydrogens (tertiary/aromatic N) is 2. The lowest BCUT2D eigenvalue weighted by Gasteiger charge is -2.37. The molecule has 0 atom stereocenters. The van der Waals surface area contributed by atoms with Crippen molar-refractivity contribution in [1.82, 2.24) is 4.90 Å². The number of hydrogen-bond acceptors (Lipinski definition) is 2. The molecule has 0 unspecified atom stereocenters. The predicted molar refractivity (Wildman–Crippen MR) is 49.1 cm³/mol. The van der Waals surface area contributed by atoms with Crippen molar-refractivity contribution < 1.29 is 13.2 Å². The van der Waals surface area contributed by atoms with Crippen molar-refractivity contribution in [3.05, 3.63) is 12.4 Å². The molecular formula is C9H13F3N2. The minimum Gasteiger partial charge on any atom is -0.364 e. The molecule has 0 aromatic rings. The van der Waals surface area contributed by atoms with Crippen LogP contribution < -0.4 is 0 Å². The predicted octanol–water partition coefficient (Wildman–Crippen LogP) is 2.58. The molecule has 14 heavy (non-hydrogen) atoms. The van der Waals surface area contributed by atoms with E-state index in [9.17, 15) is 13.2 Å². The van der Waals surface area contributed by atoms with E-state index in [4.69, 9.17) is 0 Å². The van der Waals surface area contributed by atoms with Gasteiger partial charge in [0.15, 0.2) is 0 Å². The van der Waals surface area contributed by atoms with Gasteiger partial charge in [-0.1, -0.05) is 0 Å². The van der Waals surface area contributed by atoms with E-state index in [2.05, 4.69) is 11.7 Å². The summed E-state index contributed by atoms with van der Waals surface area (Å²) in [7, 11) is 0. The van der Waals surface area contributed by atoms with Gasteiger partial charge in [-0.15, -0.1) is 0 Å². The third kappa shape index (κ3) is 3.40. The summed E-state index contributed by atoms with van der Waals surface area (Å²) in [6, 6.07) is 0.0228. The van der Waals surface area contributed by atoms with Gasteiger partial charge in [0, 0.05) is 18.4 Å². The van der Waals surface area contributed by atoms with Gasteiger partial charge >= 0.3 is 6.18 Å². The molecular weight excluding hydrogens is 193 g/mol. The summed E-state index contributed by atoms with van der Waals surface area (Å²) >= 11 is 0. The largest absolute Gasteiger partial charge is 0.405 e. The average Bonchev–Trinajstić information content (AvgIpc) is 1.93. The molecule has 0 bridgehead atoms. The van der Waals surface area contributed by atoms with E-state index in [1.165, 1.54) is 17.3 Å². The third-order valence-corrected chi connectivity index (χ3v) is 2.27. The molecule has 80 valence electrons. The van der Waals surface area contributed by atoms with Crippen LogP contribution in [0.5, 0.6) is 0 Å². The highest BCUT2D eigenvalue weighted by Gasteiger charge is 2.34. The second-order valence-electron chi connectivity index (χ2n) is 3.35. The highest BCUT2D eigenvalue weighted by atomic mass is 19.4. The van der Waals surface area contributed by atoms with Crippen molar-refractivity contribution in [2.75, 3.05) is 6.54 Å². The van der Waals surface area contributed by atoms with Crippen LogP contribution in [-0.4, -0.2) is 30.4 Å².